The van der Waals surface area contributed by atoms with E-state index in [1.807, 2.05) is 6.07 Å². The van der Waals surface area contributed by atoms with Crippen molar-refractivity contribution in [1.29, 1.82) is 5.26 Å². The summed E-state index contributed by atoms with van der Waals surface area (Å²) in [6.07, 6.45) is 0. The predicted molar refractivity (Wildman–Crippen MR) is 53.4 cm³/mol. The van der Waals surface area contributed by atoms with Crippen LogP contribution in [0.4, 0.5) is 4.39 Å². The lowest BCUT2D eigenvalue weighted by Crippen LogP contribution is -1.87. The normalized spacial score (nSPS) is 10.1. The SMILES string of the molecule is Cc1c(F)ccc2cccc(C#N)c12. The lowest BCUT2D eigenvalue weighted by molar-refractivity contribution is 0.621. The fourth-order valence-corrected chi connectivity index (χ4v) is 1.63. The highest BCUT2D eigenvalue weighted by Crippen LogP contribution is 2.23. The molecule has 0 aliphatic carbocycles. The number of fused-ring (bicyclic) bond motifs is 1. The van der Waals surface area contributed by atoms with E-state index in [0.29, 0.717) is 11.1 Å². The van der Waals surface area contributed by atoms with Crippen LogP contribution < -0.4 is 0 Å². The van der Waals surface area contributed by atoms with Crippen molar-refractivity contribution in [3.05, 3.63) is 47.3 Å². The molecule has 0 N–H and O–H groups in total. The highest BCUT2D eigenvalue weighted by Gasteiger charge is 2.06. The van der Waals surface area contributed by atoms with E-state index in [4.69, 9.17) is 5.26 Å². The third-order valence-electron chi connectivity index (χ3n) is 2.36. The molecule has 2 heteroatoms. The molecule has 14 heavy (non-hydrogen) atoms. The second-order valence-electron chi connectivity index (χ2n) is 3.19. The number of aryl methyl sites for hydroxylation is 1. The van der Waals surface area contributed by atoms with Crippen LogP contribution in [-0.2, 0) is 0 Å². The monoisotopic (exact) mass is 185 g/mol. The van der Waals surface area contributed by atoms with Crippen molar-refractivity contribution in [3.8, 4) is 6.07 Å². The Morgan fingerprint density at radius 1 is 1.21 bits per heavy atom. The molecule has 0 fully saturated rings. The van der Waals surface area contributed by atoms with Gasteiger partial charge in [-0.25, -0.2) is 4.39 Å². The third-order valence-corrected chi connectivity index (χ3v) is 2.36. The van der Waals surface area contributed by atoms with Gasteiger partial charge in [-0.2, -0.15) is 5.26 Å². The van der Waals surface area contributed by atoms with Gasteiger partial charge in [0.1, 0.15) is 5.82 Å². The van der Waals surface area contributed by atoms with E-state index in [2.05, 4.69) is 6.07 Å². The van der Waals surface area contributed by atoms with Gasteiger partial charge in [0.25, 0.3) is 0 Å². The summed E-state index contributed by atoms with van der Waals surface area (Å²) in [6, 6.07) is 10.6. The first-order valence-electron chi connectivity index (χ1n) is 4.32. The van der Waals surface area contributed by atoms with Crippen LogP contribution in [-0.4, -0.2) is 0 Å². The molecular formula is C12H8FN. The maximum atomic E-state index is 13.3. The Kier molecular flexibility index (Phi) is 1.94. The average Bonchev–Trinajstić information content (AvgIpc) is 2.23. The van der Waals surface area contributed by atoms with Gasteiger partial charge in [-0.05, 0) is 30.0 Å². The molecule has 0 aliphatic heterocycles. The van der Waals surface area contributed by atoms with Crippen molar-refractivity contribution in [2.24, 2.45) is 0 Å². The molecule has 0 saturated carbocycles. The van der Waals surface area contributed by atoms with Crippen molar-refractivity contribution in [2.75, 3.05) is 0 Å². The van der Waals surface area contributed by atoms with E-state index in [-0.39, 0.29) is 5.82 Å². The fraction of sp³-hybridized carbons (Fsp3) is 0.0833. The van der Waals surface area contributed by atoms with E-state index < -0.39 is 0 Å². The summed E-state index contributed by atoms with van der Waals surface area (Å²) >= 11 is 0. The zero-order valence-electron chi connectivity index (χ0n) is 7.71. The molecule has 2 aromatic rings. The van der Waals surface area contributed by atoms with Crippen LogP contribution >= 0.6 is 0 Å². The minimum Gasteiger partial charge on any atom is -0.207 e. The molecule has 68 valence electrons. The Balaban J connectivity index is 2.99. The minimum absolute atomic E-state index is 0.264. The topological polar surface area (TPSA) is 23.8 Å². The maximum absolute atomic E-state index is 13.3. The van der Waals surface area contributed by atoms with Gasteiger partial charge in [0.15, 0.2) is 0 Å². The first-order valence-corrected chi connectivity index (χ1v) is 4.32. The molecule has 0 radical (unpaired) electrons. The third kappa shape index (κ3) is 1.14. The first kappa shape index (κ1) is 8.71. The van der Waals surface area contributed by atoms with Crippen LogP contribution in [0.5, 0.6) is 0 Å². The summed E-state index contributed by atoms with van der Waals surface area (Å²) in [5.74, 6) is -0.264. The molecular weight excluding hydrogens is 177 g/mol. The average molecular weight is 185 g/mol. The maximum Gasteiger partial charge on any atom is 0.126 e. The molecule has 0 aromatic heterocycles. The Labute approximate surface area is 81.4 Å². The van der Waals surface area contributed by atoms with Crippen LogP contribution in [0.2, 0.25) is 0 Å². The van der Waals surface area contributed by atoms with Crippen LogP contribution in [0.15, 0.2) is 30.3 Å². The highest BCUT2D eigenvalue weighted by atomic mass is 19.1. The number of nitrogens with zero attached hydrogens (tertiary/aromatic N) is 1. The van der Waals surface area contributed by atoms with Crippen molar-refractivity contribution >= 4 is 10.8 Å². The lowest BCUT2D eigenvalue weighted by Gasteiger charge is -2.04. The molecule has 0 bridgehead atoms. The molecule has 0 saturated heterocycles. The van der Waals surface area contributed by atoms with Gasteiger partial charge in [0, 0.05) is 5.39 Å². The zero-order valence-corrected chi connectivity index (χ0v) is 7.71. The summed E-state index contributed by atoms with van der Waals surface area (Å²) in [7, 11) is 0. The van der Waals surface area contributed by atoms with Crippen LogP contribution in [0, 0.1) is 24.1 Å². The molecule has 0 unspecified atom stereocenters. The van der Waals surface area contributed by atoms with E-state index >= 15 is 0 Å². The second kappa shape index (κ2) is 3.12. The largest absolute Gasteiger partial charge is 0.207 e. The van der Waals surface area contributed by atoms with Gasteiger partial charge in [0.05, 0.1) is 11.6 Å². The highest BCUT2D eigenvalue weighted by molar-refractivity contribution is 5.90. The minimum atomic E-state index is -0.264. The van der Waals surface area contributed by atoms with Gasteiger partial charge in [0.2, 0.25) is 0 Å². The molecule has 0 amide bonds. The first-order chi connectivity index (χ1) is 6.74. The smallest absolute Gasteiger partial charge is 0.126 e. The van der Waals surface area contributed by atoms with Gasteiger partial charge in [-0.1, -0.05) is 18.2 Å². The van der Waals surface area contributed by atoms with Crippen LogP contribution in [0.3, 0.4) is 0 Å². The molecule has 1 nitrogen and oxygen atoms in total. The Bertz CT molecular complexity index is 538. The van der Waals surface area contributed by atoms with Gasteiger partial charge in [-0.15, -0.1) is 0 Å². The van der Waals surface area contributed by atoms with Crippen molar-refractivity contribution < 1.29 is 4.39 Å². The lowest BCUT2D eigenvalue weighted by atomic mass is 10.0. The van der Waals surface area contributed by atoms with E-state index in [1.165, 1.54) is 6.07 Å². The van der Waals surface area contributed by atoms with Gasteiger partial charge < -0.3 is 0 Å². The van der Waals surface area contributed by atoms with E-state index in [1.54, 1.807) is 25.1 Å². The summed E-state index contributed by atoms with van der Waals surface area (Å²) in [4.78, 5) is 0. The van der Waals surface area contributed by atoms with E-state index in [9.17, 15) is 4.39 Å². The van der Waals surface area contributed by atoms with Gasteiger partial charge >= 0.3 is 0 Å². The van der Waals surface area contributed by atoms with Crippen LogP contribution in [0.25, 0.3) is 10.8 Å². The molecule has 0 spiro atoms. The van der Waals surface area contributed by atoms with Crippen LogP contribution in [0.1, 0.15) is 11.1 Å². The van der Waals surface area contributed by atoms with Crippen molar-refractivity contribution in [3.63, 3.8) is 0 Å². The Morgan fingerprint density at radius 2 is 2.00 bits per heavy atom. The second-order valence-corrected chi connectivity index (χ2v) is 3.19. The summed E-state index contributed by atoms with van der Waals surface area (Å²) in [5.41, 5.74) is 1.07. The number of hydrogen-bond acceptors (Lipinski definition) is 1. The van der Waals surface area contributed by atoms with E-state index in [0.717, 1.165) is 10.8 Å². The number of rotatable bonds is 0. The Morgan fingerprint density at radius 3 is 2.71 bits per heavy atom. The molecule has 0 atom stereocenters. The summed E-state index contributed by atoms with van der Waals surface area (Å²) in [5, 5.41) is 10.5. The Hall–Kier alpha value is -1.88. The zero-order chi connectivity index (χ0) is 10.1. The standard InChI is InChI=1S/C12H8FN/c1-8-11(13)6-5-9-3-2-4-10(7-14)12(8)9/h2-6H,1H3. The predicted octanol–water partition coefficient (Wildman–Crippen LogP) is 3.16. The molecule has 2 rings (SSSR count). The van der Waals surface area contributed by atoms with Crippen molar-refractivity contribution in [1.82, 2.24) is 0 Å². The number of nitriles is 1. The molecule has 0 aliphatic rings. The number of benzene rings is 2. The fourth-order valence-electron chi connectivity index (χ4n) is 1.63. The molecule has 0 heterocycles. The summed E-state index contributed by atoms with van der Waals surface area (Å²) in [6.45, 7) is 1.69. The molecule has 2 aromatic carbocycles. The number of halogens is 1. The van der Waals surface area contributed by atoms with Crippen molar-refractivity contribution in [2.45, 2.75) is 6.92 Å². The van der Waals surface area contributed by atoms with Gasteiger partial charge in [-0.3, -0.25) is 0 Å². The summed E-state index contributed by atoms with van der Waals surface area (Å²) < 4.78 is 13.3. The number of hydrogen-bond donors (Lipinski definition) is 0. The quantitative estimate of drug-likeness (QED) is 0.618.